The Bertz CT molecular complexity index is 354. The van der Waals surface area contributed by atoms with Crippen LogP contribution in [-0.4, -0.2) is 49.1 Å². The Balaban J connectivity index is 1.55. The molecule has 1 saturated carbocycles. The predicted molar refractivity (Wildman–Crippen MR) is 85.2 cm³/mol. The van der Waals surface area contributed by atoms with Gasteiger partial charge in [0.25, 0.3) is 0 Å². The Morgan fingerprint density at radius 1 is 1.24 bits per heavy atom. The molecule has 3 rings (SSSR count). The van der Waals surface area contributed by atoms with E-state index in [4.69, 9.17) is 0 Å². The van der Waals surface area contributed by atoms with Crippen LogP contribution < -0.4 is 10.6 Å². The molecule has 0 bridgehead atoms. The van der Waals surface area contributed by atoms with E-state index in [9.17, 15) is 4.79 Å². The van der Waals surface area contributed by atoms with Crippen LogP contribution in [0.5, 0.6) is 0 Å². The lowest BCUT2D eigenvalue weighted by Gasteiger charge is -2.47. The minimum atomic E-state index is 0.0321. The van der Waals surface area contributed by atoms with E-state index >= 15 is 0 Å². The summed E-state index contributed by atoms with van der Waals surface area (Å²) in [4.78, 5) is 14.9. The summed E-state index contributed by atoms with van der Waals surface area (Å²) in [5.41, 5.74) is 0.429. The molecule has 21 heavy (non-hydrogen) atoms. The van der Waals surface area contributed by atoms with Gasteiger partial charge in [-0.05, 0) is 64.0 Å². The summed E-state index contributed by atoms with van der Waals surface area (Å²) in [6, 6.07) is 0.472. The van der Waals surface area contributed by atoms with E-state index in [-0.39, 0.29) is 11.9 Å². The van der Waals surface area contributed by atoms with E-state index in [1.54, 1.807) is 0 Å². The molecule has 2 aliphatic heterocycles. The maximum atomic E-state index is 12.5. The van der Waals surface area contributed by atoms with Crippen molar-refractivity contribution in [1.29, 1.82) is 0 Å². The van der Waals surface area contributed by atoms with Crippen LogP contribution in [0.3, 0.4) is 0 Å². The number of carbonyl (C=O) groups is 1. The third kappa shape index (κ3) is 3.59. The van der Waals surface area contributed by atoms with Gasteiger partial charge in [-0.3, -0.25) is 9.69 Å². The Kier molecular flexibility index (Phi) is 4.85. The average molecular weight is 293 g/mol. The smallest absolute Gasteiger partial charge is 0.237 e. The maximum Gasteiger partial charge on any atom is 0.237 e. The second-order valence-electron chi connectivity index (χ2n) is 7.52. The highest BCUT2D eigenvalue weighted by molar-refractivity contribution is 5.81. The summed E-state index contributed by atoms with van der Waals surface area (Å²) < 4.78 is 0. The zero-order chi connectivity index (χ0) is 14.7. The fraction of sp³-hybridized carbons (Fsp3) is 0.941. The van der Waals surface area contributed by atoms with E-state index in [1.807, 2.05) is 0 Å². The summed E-state index contributed by atoms with van der Waals surface area (Å²) >= 11 is 0. The second kappa shape index (κ2) is 6.66. The first kappa shape index (κ1) is 15.3. The molecular weight excluding hydrogens is 262 g/mol. The third-order valence-corrected chi connectivity index (χ3v) is 5.88. The summed E-state index contributed by atoms with van der Waals surface area (Å²) in [7, 11) is 0. The normalized spacial score (nSPS) is 33.2. The van der Waals surface area contributed by atoms with Crippen LogP contribution in [0, 0.1) is 5.41 Å². The Labute approximate surface area is 129 Å². The molecule has 2 saturated heterocycles. The highest BCUT2D eigenvalue weighted by atomic mass is 16.2. The van der Waals surface area contributed by atoms with Crippen molar-refractivity contribution in [3.63, 3.8) is 0 Å². The molecule has 4 nitrogen and oxygen atoms in total. The standard InChI is InChI=1S/C17H31N3O/c1-14(16(21)19-15-6-2-3-7-15)20-11-5-9-17(13-20)8-4-10-18-12-17/h14-15,18H,2-13H2,1H3,(H,19,21). The maximum absolute atomic E-state index is 12.5. The molecule has 3 fully saturated rings. The molecule has 2 heterocycles. The molecule has 1 spiro atoms. The molecule has 0 aromatic rings. The van der Waals surface area contributed by atoms with Crippen molar-refractivity contribution in [3.05, 3.63) is 0 Å². The topological polar surface area (TPSA) is 44.4 Å². The first-order chi connectivity index (χ1) is 10.2. The number of nitrogens with one attached hydrogen (secondary N) is 2. The number of carbonyl (C=O) groups excluding carboxylic acids is 1. The van der Waals surface area contributed by atoms with Crippen molar-refractivity contribution in [2.75, 3.05) is 26.2 Å². The molecule has 2 unspecified atom stereocenters. The van der Waals surface area contributed by atoms with Gasteiger partial charge in [-0.15, -0.1) is 0 Å². The van der Waals surface area contributed by atoms with E-state index in [2.05, 4.69) is 22.5 Å². The lowest BCUT2D eigenvalue weighted by atomic mass is 9.74. The number of likely N-dealkylation sites (tertiary alicyclic amines) is 1. The Morgan fingerprint density at radius 3 is 2.71 bits per heavy atom. The molecule has 2 N–H and O–H groups in total. The van der Waals surface area contributed by atoms with Crippen LogP contribution in [0.15, 0.2) is 0 Å². The van der Waals surface area contributed by atoms with Crippen molar-refractivity contribution in [1.82, 2.24) is 15.5 Å². The predicted octanol–water partition coefficient (Wildman–Crippen LogP) is 1.90. The molecule has 2 atom stereocenters. The highest BCUT2D eigenvalue weighted by Crippen LogP contribution is 2.36. The summed E-state index contributed by atoms with van der Waals surface area (Å²) in [5.74, 6) is 0.253. The molecule has 1 aliphatic carbocycles. The summed E-state index contributed by atoms with van der Waals surface area (Å²) in [6.07, 6.45) is 10.1. The van der Waals surface area contributed by atoms with Crippen LogP contribution in [0.1, 0.15) is 58.3 Å². The van der Waals surface area contributed by atoms with Crippen LogP contribution in [0.2, 0.25) is 0 Å². The molecule has 4 heteroatoms. The van der Waals surface area contributed by atoms with Crippen molar-refractivity contribution in [2.24, 2.45) is 5.41 Å². The monoisotopic (exact) mass is 293 g/mol. The molecule has 120 valence electrons. The Morgan fingerprint density at radius 2 is 2.00 bits per heavy atom. The van der Waals surface area contributed by atoms with Crippen LogP contribution in [0.25, 0.3) is 0 Å². The number of hydrogen-bond donors (Lipinski definition) is 2. The van der Waals surface area contributed by atoms with Gasteiger partial charge < -0.3 is 10.6 Å². The largest absolute Gasteiger partial charge is 0.352 e. The van der Waals surface area contributed by atoms with Gasteiger partial charge in [0.2, 0.25) is 5.91 Å². The summed E-state index contributed by atoms with van der Waals surface area (Å²) in [5, 5.41) is 6.84. The Hall–Kier alpha value is -0.610. The zero-order valence-electron chi connectivity index (χ0n) is 13.5. The van der Waals surface area contributed by atoms with Crippen LogP contribution in [0.4, 0.5) is 0 Å². The third-order valence-electron chi connectivity index (χ3n) is 5.88. The fourth-order valence-corrected chi connectivity index (χ4v) is 4.51. The zero-order valence-corrected chi connectivity index (χ0v) is 13.5. The van der Waals surface area contributed by atoms with Crippen molar-refractivity contribution in [3.8, 4) is 0 Å². The molecule has 0 aromatic carbocycles. The van der Waals surface area contributed by atoms with Gasteiger partial charge in [-0.25, -0.2) is 0 Å². The van der Waals surface area contributed by atoms with E-state index < -0.39 is 0 Å². The fourth-order valence-electron chi connectivity index (χ4n) is 4.51. The van der Waals surface area contributed by atoms with Gasteiger partial charge in [0.1, 0.15) is 0 Å². The van der Waals surface area contributed by atoms with Crippen molar-refractivity contribution < 1.29 is 4.79 Å². The van der Waals surface area contributed by atoms with Gasteiger partial charge in [0.15, 0.2) is 0 Å². The van der Waals surface area contributed by atoms with Gasteiger partial charge in [-0.2, -0.15) is 0 Å². The minimum Gasteiger partial charge on any atom is -0.352 e. The van der Waals surface area contributed by atoms with Crippen LogP contribution >= 0.6 is 0 Å². The molecule has 0 radical (unpaired) electrons. The minimum absolute atomic E-state index is 0.0321. The molecular formula is C17H31N3O. The van der Waals surface area contributed by atoms with Crippen molar-refractivity contribution >= 4 is 5.91 Å². The number of rotatable bonds is 3. The van der Waals surface area contributed by atoms with Crippen molar-refractivity contribution in [2.45, 2.75) is 70.4 Å². The number of nitrogens with zero attached hydrogens (tertiary/aromatic N) is 1. The summed E-state index contributed by atoms with van der Waals surface area (Å²) in [6.45, 7) is 6.58. The first-order valence-electron chi connectivity index (χ1n) is 8.94. The first-order valence-corrected chi connectivity index (χ1v) is 8.94. The quantitative estimate of drug-likeness (QED) is 0.835. The van der Waals surface area contributed by atoms with Gasteiger partial charge in [-0.1, -0.05) is 12.8 Å². The average Bonchev–Trinajstić information content (AvgIpc) is 3.00. The molecule has 3 aliphatic rings. The lowest BCUT2D eigenvalue weighted by molar-refractivity contribution is -0.128. The van der Waals surface area contributed by atoms with E-state index in [0.29, 0.717) is 11.5 Å². The second-order valence-corrected chi connectivity index (χ2v) is 7.52. The molecule has 0 aromatic heterocycles. The van der Waals surface area contributed by atoms with Crippen LogP contribution in [-0.2, 0) is 4.79 Å². The van der Waals surface area contributed by atoms with Gasteiger partial charge in [0.05, 0.1) is 6.04 Å². The number of piperidine rings is 2. The van der Waals surface area contributed by atoms with E-state index in [0.717, 1.165) is 19.6 Å². The SMILES string of the molecule is CC(C(=O)NC1CCCC1)N1CCCC2(CCCNC2)C1. The van der Waals surface area contributed by atoms with E-state index in [1.165, 1.54) is 57.9 Å². The van der Waals surface area contributed by atoms with Gasteiger partial charge >= 0.3 is 0 Å². The number of hydrogen-bond acceptors (Lipinski definition) is 3. The van der Waals surface area contributed by atoms with Gasteiger partial charge in [0, 0.05) is 19.1 Å². The highest BCUT2D eigenvalue weighted by Gasteiger charge is 2.39. The lowest BCUT2D eigenvalue weighted by Crippen LogP contribution is -2.56. The number of amides is 1. The molecule has 1 amide bonds.